The first-order valence-electron chi connectivity index (χ1n) is 9.63. The first-order valence-corrected chi connectivity index (χ1v) is 10.4. The van der Waals surface area contributed by atoms with Gasteiger partial charge in [0.15, 0.2) is 11.2 Å². The van der Waals surface area contributed by atoms with Crippen LogP contribution < -0.4 is 11.2 Å². The average molecular weight is 494 g/mol. The van der Waals surface area contributed by atoms with Crippen molar-refractivity contribution in [3.8, 4) is 16.9 Å². The van der Waals surface area contributed by atoms with Crippen molar-refractivity contribution in [1.82, 2.24) is 23.1 Å². The third-order valence-corrected chi connectivity index (χ3v) is 5.83. The molecule has 0 amide bonds. The van der Waals surface area contributed by atoms with Crippen molar-refractivity contribution >= 4 is 38.8 Å². The number of benzene rings is 2. The van der Waals surface area contributed by atoms with Gasteiger partial charge in [0, 0.05) is 29.0 Å². The quantitative estimate of drug-likeness (QED) is 0.414. The predicted molar refractivity (Wildman–Crippen MR) is 122 cm³/mol. The third kappa shape index (κ3) is 2.99. The van der Waals surface area contributed by atoms with E-state index < -0.39 is 23.8 Å². The molecule has 0 bridgehead atoms. The van der Waals surface area contributed by atoms with Crippen molar-refractivity contribution in [2.75, 3.05) is 0 Å². The molecule has 3 heterocycles. The topological polar surface area (TPSA) is 104 Å². The summed E-state index contributed by atoms with van der Waals surface area (Å²) in [6, 6.07) is 17.3. The molecule has 0 aliphatic rings. The van der Waals surface area contributed by atoms with Crippen LogP contribution >= 0.6 is 15.9 Å². The van der Waals surface area contributed by atoms with Gasteiger partial charge in [0.1, 0.15) is 6.54 Å². The van der Waals surface area contributed by atoms with Gasteiger partial charge in [-0.3, -0.25) is 23.1 Å². The number of nitrogens with zero attached hydrogens (tertiary/aromatic N) is 5. The van der Waals surface area contributed by atoms with E-state index in [2.05, 4.69) is 20.9 Å². The summed E-state index contributed by atoms with van der Waals surface area (Å²) in [5.74, 6) is -0.844. The van der Waals surface area contributed by atoms with Crippen LogP contribution in [-0.2, 0) is 18.4 Å². The molecular formula is C22H16BrN5O4. The molecule has 0 spiro atoms. The van der Waals surface area contributed by atoms with E-state index in [1.807, 2.05) is 59.2 Å². The molecule has 0 atom stereocenters. The summed E-state index contributed by atoms with van der Waals surface area (Å²) >= 11 is 3.44. The van der Waals surface area contributed by atoms with Gasteiger partial charge in [-0.05, 0) is 24.3 Å². The Balaban J connectivity index is 1.93. The molecule has 0 fully saturated rings. The van der Waals surface area contributed by atoms with Crippen LogP contribution in [0.2, 0.25) is 0 Å². The lowest BCUT2D eigenvalue weighted by molar-refractivity contribution is -0.137. The van der Waals surface area contributed by atoms with Gasteiger partial charge in [0.05, 0.1) is 5.69 Å². The number of fused-ring (bicyclic) bond motifs is 3. The Hall–Kier alpha value is -3.92. The summed E-state index contributed by atoms with van der Waals surface area (Å²) in [4.78, 5) is 41.6. The molecule has 5 rings (SSSR count). The summed E-state index contributed by atoms with van der Waals surface area (Å²) in [6.07, 6.45) is 1.78. The van der Waals surface area contributed by atoms with E-state index >= 15 is 0 Å². The SMILES string of the molecule is Cn1c(=O)n(CC(=O)O)c(=O)c2c1nc1n(-c3ccc(Br)cc3)c(-c3ccccc3)cn21. The molecule has 0 radical (unpaired) electrons. The Bertz CT molecular complexity index is 1630. The summed E-state index contributed by atoms with van der Waals surface area (Å²) in [6.45, 7) is -0.729. The third-order valence-electron chi connectivity index (χ3n) is 5.30. The normalized spacial score (nSPS) is 11.4. The molecule has 0 aliphatic heterocycles. The van der Waals surface area contributed by atoms with E-state index in [0.29, 0.717) is 10.3 Å². The van der Waals surface area contributed by atoms with Crippen LogP contribution in [0.15, 0.2) is 74.9 Å². The zero-order chi connectivity index (χ0) is 22.6. The number of aliphatic carboxylic acids is 1. The van der Waals surface area contributed by atoms with E-state index in [0.717, 1.165) is 21.4 Å². The minimum atomic E-state index is -1.28. The van der Waals surface area contributed by atoms with Crippen LogP contribution in [-0.4, -0.2) is 34.2 Å². The minimum absolute atomic E-state index is 0.136. The number of imidazole rings is 2. The zero-order valence-electron chi connectivity index (χ0n) is 16.8. The fourth-order valence-electron chi connectivity index (χ4n) is 3.83. The molecule has 0 unspecified atom stereocenters. The monoisotopic (exact) mass is 493 g/mol. The molecule has 160 valence electrons. The van der Waals surface area contributed by atoms with Crippen molar-refractivity contribution < 1.29 is 9.90 Å². The van der Waals surface area contributed by atoms with Gasteiger partial charge in [0.25, 0.3) is 5.56 Å². The fourth-order valence-corrected chi connectivity index (χ4v) is 4.09. The first kappa shape index (κ1) is 20.0. The molecular weight excluding hydrogens is 478 g/mol. The maximum Gasteiger partial charge on any atom is 0.333 e. The van der Waals surface area contributed by atoms with Gasteiger partial charge in [0.2, 0.25) is 5.78 Å². The lowest BCUT2D eigenvalue weighted by atomic mass is 10.1. The second-order valence-corrected chi connectivity index (χ2v) is 8.19. The maximum atomic E-state index is 13.2. The molecule has 3 aromatic heterocycles. The van der Waals surface area contributed by atoms with E-state index in [-0.39, 0.29) is 11.2 Å². The largest absolute Gasteiger partial charge is 0.480 e. The van der Waals surface area contributed by atoms with Crippen LogP contribution in [0.4, 0.5) is 0 Å². The number of halogens is 1. The van der Waals surface area contributed by atoms with Crippen LogP contribution in [0, 0.1) is 0 Å². The number of carbonyl (C=O) groups is 1. The molecule has 5 aromatic rings. The van der Waals surface area contributed by atoms with Crippen LogP contribution in [0.25, 0.3) is 33.9 Å². The second-order valence-electron chi connectivity index (χ2n) is 7.27. The van der Waals surface area contributed by atoms with Gasteiger partial charge < -0.3 is 5.11 Å². The summed E-state index contributed by atoms with van der Waals surface area (Å²) < 4.78 is 6.32. The van der Waals surface area contributed by atoms with E-state index in [1.165, 1.54) is 11.6 Å². The number of hydrogen-bond acceptors (Lipinski definition) is 4. The van der Waals surface area contributed by atoms with Crippen molar-refractivity contribution in [3.63, 3.8) is 0 Å². The van der Waals surface area contributed by atoms with Crippen LogP contribution in [0.3, 0.4) is 0 Å². The number of aromatic nitrogens is 5. The molecule has 0 saturated carbocycles. The van der Waals surface area contributed by atoms with Gasteiger partial charge in [-0.2, -0.15) is 4.98 Å². The molecule has 10 heteroatoms. The number of carboxylic acid groups (broad SMARTS) is 1. The Morgan fingerprint density at radius 1 is 1.06 bits per heavy atom. The summed E-state index contributed by atoms with van der Waals surface area (Å²) in [5, 5.41) is 9.17. The van der Waals surface area contributed by atoms with E-state index in [1.54, 1.807) is 10.6 Å². The Labute approximate surface area is 188 Å². The maximum absolute atomic E-state index is 13.2. The Morgan fingerprint density at radius 2 is 1.75 bits per heavy atom. The molecule has 9 nitrogen and oxygen atoms in total. The molecule has 0 saturated heterocycles. The van der Waals surface area contributed by atoms with Gasteiger partial charge in [-0.1, -0.05) is 46.3 Å². The second kappa shape index (κ2) is 7.34. The minimum Gasteiger partial charge on any atom is -0.480 e. The highest BCUT2D eigenvalue weighted by molar-refractivity contribution is 9.10. The van der Waals surface area contributed by atoms with Gasteiger partial charge >= 0.3 is 11.7 Å². The van der Waals surface area contributed by atoms with Crippen molar-refractivity contribution in [1.29, 1.82) is 0 Å². The fraction of sp³-hybridized carbons (Fsp3) is 0.0909. The Kier molecular flexibility index (Phi) is 4.59. The highest BCUT2D eigenvalue weighted by Gasteiger charge is 2.23. The number of carboxylic acids is 1. The van der Waals surface area contributed by atoms with Crippen molar-refractivity contribution in [2.45, 2.75) is 6.54 Å². The number of rotatable bonds is 4. The van der Waals surface area contributed by atoms with E-state index in [4.69, 9.17) is 0 Å². The van der Waals surface area contributed by atoms with Gasteiger partial charge in [-0.15, -0.1) is 0 Å². The van der Waals surface area contributed by atoms with Crippen LogP contribution in [0.5, 0.6) is 0 Å². The lowest BCUT2D eigenvalue weighted by Crippen LogP contribution is -2.41. The predicted octanol–water partition coefficient (Wildman–Crippen LogP) is 2.65. The molecule has 1 N–H and O–H groups in total. The standard InChI is InChI=1S/C22H16BrN5O4/c1-25-19-18(20(31)27(22(25)32)12-17(29)30)26-11-16(13-5-3-2-4-6-13)28(21(26)24-19)15-9-7-14(23)8-10-15/h2-11H,12H2,1H3,(H,29,30). The first-order chi connectivity index (χ1) is 15.4. The molecule has 0 aliphatic carbocycles. The smallest absolute Gasteiger partial charge is 0.333 e. The summed E-state index contributed by atoms with van der Waals surface area (Å²) in [7, 11) is 1.47. The van der Waals surface area contributed by atoms with E-state index in [9.17, 15) is 19.5 Å². The van der Waals surface area contributed by atoms with Gasteiger partial charge in [-0.25, -0.2) is 9.36 Å². The lowest BCUT2D eigenvalue weighted by Gasteiger charge is -2.09. The number of hydrogen-bond donors (Lipinski definition) is 1. The number of aryl methyl sites for hydroxylation is 1. The molecule has 2 aromatic carbocycles. The van der Waals surface area contributed by atoms with Crippen molar-refractivity contribution in [3.05, 3.63) is 86.1 Å². The highest BCUT2D eigenvalue weighted by atomic mass is 79.9. The zero-order valence-corrected chi connectivity index (χ0v) is 18.4. The Morgan fingerprint density at radius 3 is 2.41 bits per heavy atom. The average Bonchev–Trinajstić information content (AvgIpc) is 3.33. The highest BCUT2D eigenvalue weighted by Crippen LogP contribution is 2.29. The van der Waals surface area contributed by atoms with Crippen LogP contribution in [0.1, 0.15) is 0 Å². The van der Waals surface area contributed by atoms with Crippen molar-refractivity contribution in [2.24, 2.45) is 7.05 Å². The summed E-state index contributed by atoms with van der Waals surface area (Å²) in [5.41, 5.74) is 1.39. The molecule has 32 heavy (non-hydrogen) atoms.